The van der Waals surface area contributed by atoms with Gasteiger partial charge in [-0.15, -0.1) is 0 Å². The first-order valence-electron chi connectivity index (χ1n) is 7.43. The molecular formula is C16H33N. The number of rotatable bonds is 3. The highest BCUT2D eigenvalue weighted by Gasteiger charge is 2.27. The Bertz CT molecular complexity index is 219. The quantitative estimate of drug-likeness (QED) is 0.689. The van der Waals surface area contributed by atoms with Gasteiger partial charge in [0.2, 0.25) is 0 Å². The molecule has 1 nitrogen and oxygen atoms in total. The van der Waals surface area contributed by atoms with E-state index in [1.54, 1.807) is 0 Å². The Morgan fingerprint density at radius 2 is 1.71 bits per heavy atom. The van der Waals surface area contributed by atoms with Crippen molar-refractivity contribution in [2.45, 2.75) is 79.2 Å². The molecular weight excluding hydrogens is 206 g/mol. The van der Waals surface area contributed by atoms with Crippen molar-refractivity contribution in [1.29, 1.82) is 0 Å². The zero-order valence-electron chi connectivity index (χ0n) is 13.0. The van der Waals surface area contributed by atoms with E-state index in [1.165, 1.54) is 45.2 Å². The van der Waals surface area contributed by atoms with Gasteiger partial charge in [-0.2, -0.15) is 0 Å². The molecule has 1 aliphatic heterocycles. The minimum absolute atomic E-state index is 0.364. The average molecular weight is 239 g/mol. The van der Waals surface area contributed by atoms with Crippen molar-refractivity contribution >= 4 is 0 Å². The number of likely N-dealkylation sites (tertiary alicyclic amines) is 1. The molecule has 1 atom stereocenters. The Labute approximate surface area is 109 Å². The summed E-state index contributed by atoms with van der Waals surface area (Å²) >= 11 is 0. The summed E-state index contributed by atoms with van der Waals surface area (Å²) in [5, 5.41) is 0. The van der Waals surface area contributed by atoms with Gasteiger partial charge in [0.25, 0.3) is 0 Å². The van der Waals surface area contributed by atoms with E-state index < -0.39 is 0 Å². The third-order valence-corrected chi connectivity index (χ3v) is 4.01. The molecule has 0 saturated carbocycles. The topological polar surface area (TPSA) is 3.24 Å². The van der Waals surface area contributed by atoms with Crippen LogP contribution in [0.4, 0.5) is 0 Å². The average Bonchev–Trinajstić information content (AvgIpc) is 2.15. The molecule has 0 bridgehead atoms. The van der Waals surface area contributed by atoms with E-state index in [4.69, 9.17) is 0 Å². The molecule has 0 spiro atoms. The van der Waals surface area contributed by atoms with E-state index in [0.717, 1.165) is 5.92 Å². The van der Waals surface area contributed by atoms with Gasteiger partial charge in [0.05, 0.1) is 0 Å². The maximum Gasteiger partial charge on any atom is 0.0125 e. The maximum atomic E-state index is 2.68. The SMILES string of the molecule is CC(C)(C)CCCC1CCCN(C(C)(C)C)C1. The second-order valence-electron chi connectivity index (χ2n) is 8.08. The largest absolute Gasteiger partial charge is 0.298 e. The van der Waals surface area contributed by atoms with E-state index in [9.17, 15) is 0 Å². The monoisotopic (exact) mass is 239 g/mol. The van der Waals surface area contributed by atoms with Crippen LogP contribution in [0.25, 0.3) is 0 Å². The van der Waals surface area contributed by atoms with Gasteiger partial charge in [-0.25, -0.2) is 0 Å². The fraction of sp³-hybridized carbons (Fsp3) is 1.00. The highest BCUT2D eigenvalue weighted by molar-refractivity contribution is 4.82. The Hall–Kier alpha value is -0.0400. The fourth-order valence-corrected chi connectivity index (χ4v) is 2.83. The van der Waals surface area contributed by atoms with Crippen LogP contribution in [-0.4, -0.2) is 23.5 Å². The van der Waals surface area contributed by atoms with E-state index in [-0.39, 0.29) is 0 Å². The lowest BCUT2D eigenvalue weighted by Gasteiger charge is -2.41. The van der Waals surface area contributed by atoms with Crippen molar-refractivity contribution in [3.05, 3.63) is 0 Å². The standard InChI is InChI=1S/C16H33N/c1-15(2,3)11-7-9-14-10-8-12-17(13-14)16(4,5)6/h14H,7-13H2,1-6H3. The van der Waals surface area contributed by atoms with Gasteiger partial charge in [-0.3, -0.25) is 4.90 Å². The molecule has 0 aromatic carbocycles. The first kappa shape index (κ1) is 15.0. The van der Waals surface area contributed by atoms with Crippen molar-refractivity contribution in [2.75, 3.05) is 13.1 Å². The predicted molar refractivity (Wildman–Crippen MR) is 77.4 cm³/mol. The lowest BCUT2D eigenvalue weighted by molar-refractivity contribution is 0.0745. The van der Waals surface area contributed by atoms with Gasteiger partial charge in [-0.05, 0) is 64.3 Å². The molecule has 17 heavy (non-hydrogen) atoms. The normalized spacial score (nSPS) is 24.0. The third-order valence-electron chi connectivity index (χ3n) is 4.01. The molecule has 0 aliphatic carbocycles. The first-order valence-corrected chi connectivity index (χ1v) is 7.43. The minimum Gasteiger partial charge on any atom is -0.298 e. The molecule has 1 saturated heterocycles. The van der Waals surface area contributed by atoms with Crippen molar-refractivity contribution < 1.29 is 0 Å². The van der Waals surface area contributed by atoms with Crippen LogP contribution in [0.15, 0.2) is 0 Å². The predicted octanol–water partition coefficient (Wildman–Crippen LogP) is 4.71. The van der Waals surface area contributed by atoms with Crippen molar-refractivity contribution in [3.63, 3.8) is 0 Å². The molecule has 1 heteroatoms. The van der Waals surface area contributed by atoms with E-state index in [1.807, 2.05) is 0 Å². The zero-order chi connectivity index (χ0) is 13.1. The second kappa shape index (κ2) is 5.73. The Morgan fingerprint density at radius 3 is 2.24 bits per heavy atom. The van der Waals surface area contributed by atoms with E-state index in [0.29, 0.717) is 11.0 Å². The van der Waals surface area contributed by atoms with Crippen molar-refractivity contribution in [1.82, 2.24) is 4.90 Å². The highest BCUT2D eigenvalue weighted by Crippen LogP contribution is 2.29. The molecule has 0 amide bonds. The smallest absolute Gasteiger partial charge is 0.0125 e. The van der Waals surface area contributed by atoms with Gasteiger partial charge < -0.3 is 0 Å². The molecule has 1 rings (SSSR count). The van der Waals surface area contributed by atoms with Crippen LogP contribution in [0.5, 0.6) is 0 Å². The lowest BCUT2D eigenvalue weighted by Crippen LogP contribution is -2.47. The number of hydrogen-bond acceptors (Lipinski definition) is 1. The van der Waals surface area contributed by atoms with Crippen LogP contribution in [0.1, 0.15) is 73.6 Å². The molecule has 102 valence electrons. The zero-order valence-corrected chi connectivity index (χ0v) is 13.0. The van der Waals surface area contributed by atoms with E-state index in [2.05, 4.69) is 46.4 Å². The summed E-state index contributed by atoms with van der Waals surface area (Å²) in [5.41, 5.74) is 0.876. The van der Waals surface area contributed by atoms with Crippen LogP contribution in [0.3, 0.4) is 0 Å². The Morgan fingerprint density at radius 1 is 1.06 bits per heavy atom. The van der Waals surface area contributed by atoms with Crippen LogP contribution in [0.2, 0.25) is 0 Å². The van der Waals surface area contributed by atoms with Crippen molar-refractivity contribution in [3.8, 4) is 0 Å². The van der Waals surface area contributed by atoms with Gasteiger partial charge in [0.1, 0.15) is 0 Å². The third kappa shape index (κ3) is 5.90. The molecule has 0 aromatic rings. The molecule has 1 heterocycles. The second-order valence-corrected chi connectivity index (χ2v) is 8.08. The van der Waals surface area contributed by atoms with E-state index >= 15 is 0 Å². The van der Waals surface area contributed by atoms with Gasteiger partial charge in [-0.1, -0.05) is 27.2 Å². The van der Waals surface area contributed by atoms with Crippen LogP contribution >= 0.6 is 0 Å². The Balaban J connectivity index is 2.30. The van der Waals surface area contributed by atoms with Gasteiger partial charge in [0.15, 0.2) is 0 Å². The van der Waals surface area contributed by atoms with Crippen LogP contribution in [0, 0.1) is 11.3 Å². The molecule has 0 aromatic heterocycles. The first-order chi connectivity index (χ1) is 7.68. The Kier molecular flexibility index (Phi) is 5.07. The summed E-state index contributed by atoms with van der Waals surface area (Å²) in [5.74, 6) is 0.949. The molecule has 0 radical (unpaired) electrons. The molecule has 0 N–H and O–H groups in total. The van der Waals surface area contributed by atoms with Crippen LogP contribution in [-0.2, 0) is 0 Å². The number of hydrogen-bond donors (Lipinski definition) is 0. The van der Waals surface area contributed by atoms with Crippen LogP contribution < -0.4 is 0 Å². The number of nitrogens with zero attached hydrogens (tertiary/aromatic N) is 1. The number of piperidine rings is 1. The van der Waals surface area contributed by atoms with Gasteiger partial charge in [0, 0.05) is 12.1 Å². The molecule has 1 aliphatic rings. The fourth-order valence-electron chi connectivity index (χ4n) is 2.83. The summed E-state index contributed by atoms with van der Waals surface area (Å²) in [6.45, 7) is 16.8. The maximum absolute atomic E-state index is 2.68. The summed E-state index contributed by atoms with van der Waals surface area (Å²) in [6.07, 6.45) is 7.07. The summed E-state index contributed by atoms with van der Waals surface area (Å²) < 4.78 is 0. The molecule has 1 unspecified atom stereocenters. The summed E-state index contributed by atoms with van der Waals surface area (Å²) in [4.78, 5) is 2.68. The summed E-state index contributed by atoms with van der Waals surface area (Å²) in [6, 6.07) is 0. The lowest BCUT2D eigenvalue weighted by atomic mass is 9.85. The van der Waals surface area contributed by atoms with Gasteiger partial charge >= 0.3 is 0 Å². The molecule has 1 fully saturated rings. The summed E-state index contributed by atoms with van der Waals surface area (Å²) in [7, 11) is 0. The minimum atomic E-state index is 0.364. The van der Waals surface area contributed by atoms with Crippen molar-refractivity contribution in [2.24, 2.45) is 11.3 Å². The highest BCUT2D eigenvalue weighted by atomic mass is 15.2.